The summed E-state index contributed by atoms with van der Waals surface area (Å²) in [4.78, 5) is 28.7. The number of nitrogens with zero attached hydrogens (tertiary/aromatic N) is 1. The first-order valence-corrected chi connectivity index (χ1v) is 10.8. The molecule has 158 valence electrons. The molecule has 0 atom stereocenters. The first kappa shape index (κ1) is 21.0. The normalized spacial score (nSPS) is 13.7. The van der Waals surface area contributed by atoms with Gasteiger partial charge in [-0.05, 0) is 48.7 Å². The molecule has 0 fully saturated rings. The second-order valence-corrected chi connectivity index (χ2v) is 7.96. The van der Waals surface area contributed by atoms with Gasteiger partial charge < -0.3 is 14.8 Å². The van der Waals surface area contributed by atoms with E-state index in [0.29, 0.717) is 45.0 Å². The Kier molecular flexibility index (Phi) is 5.97. The molecule has 0 saturated heterocycles. The lowest BCUT2D eigenvalue weighted by molar-refractivity contribution is -0.120. The summed E-state index contributed by atoms with van der Waals surface area (Å²) in [5, 5.41) is 5.38. The third kappa shape index (κ3) is 4.02. The molecule has 4 rings (SSSR count). The molecule has 0 aliphatic carbocycles. The van der Waals surface area contributed by atoms with E-state index in [1.54, 1.807) is 24.3 Å². The zero-order valence-corrected chi connectivity index (χ0v) is 18.4. The van der Waals surface area contributed by atoms with Crippen LogP contribution in [0.4, 0.5) is 11.4 Å². The topological polar surface area (TPSA) is 67.9 Å². The van der Waals surface area contributed by atoms with E-state index in [4.69, 9.17) is 21.1 Å². The molecule has 2 aromatic carbocycles. The lowest BCUT2D eigenvalue weighted by Crippen LogP contribution is -2.32. The molecule has 31 heavy (non-hydrogen) atoms. The first-order valence-electron chi connectivity index (χ1n) is 9.53. The number of methoxy groups -OCH3 is 1. The van der Waals surface area contributed by atoms with Crippen molar-refractivity contribution in [3.63, 3.8) is 0 Å². The van der Waals surface area contributed by atoms with Gasteiger partial charge >= 0.3 is 0 Å². The highest BCUT2D eigenvalue weighted by atomic mass is 35.5. The largest absolute Gasteiger partial charge is 0.495 e. The maximum atomic E-state index is 13.5. The fraction of sp³-hybridized carbons (Fsp3) is 0.130. The van der Waals surface area contributed by atoms with Gasteiger partial charge in [-0.25, -0.2) is 4.90 Å². The number of carbonyl (C=O) groups is 2. The molecular weight excluding hydrogens is 436 g/mol. The van der Waals surface area contributed by atoms with Crippen molar-refractivity contribution in [1.29, 1.82) is 0 Å². The lowest BCUT2D eigenvalue weighted by atomic mass is 10.2. The number of anilines is 2. The number of imide groups is 1. The summed E-state index contributed by atoms with van der Waals surface area (Å²) in [7, 11) is 1.48. The molecule has 3 aromatic rings. The Morgan fingerprint density at radius 2 is 1.90 bits per heavy atom. The number of carbonyl (C=O) groups excluding carboxylic acids is 2. The third-order valence-electron chi connectivity index (χ3n) is 4.65. The van der Waals surface area contributed by atoms with E-state index in [2.05, 4.69) is 5.32 Å². The van der Waals surface area contributed by atoms with Crippen molar-refractivity contribution in [1.82, 2.24) is 0 Å². The van der Waals surface area contributed by atoms with Crippen LogP contribution in [0.1, 0.15) is 11.8 Å². The van der Waals surface area contributed by atoms with Crippen LogP contribution < -0.4 is 19.7 Å². The first-order chi connectivity index (χ1) is 15.0. The van der Waals surface area contributed by atoms with Crippen molar-refractivity contribution in [2.75, 3.05) is 23.9 Å². The number of hydrogen-bond acceptors (Lipinski definition) is 6. The Hall–Kier alpha value is -3.29. The summed E-state index contributed by atoms with van der Waals surface area (Å²) >= 11 is 7.53. The van der Waals surface area contributed by atoms with E-state index < -0.39 is 11.8 Å². The van der Waals surface area contributed by atoms with Gasteiger partial charge in [0.1, 0.15) is 17.2 Å². The second-order valence-electron chi connectivity index (χ2n) is 6.58. The zero-order valence-electron chi connectivity index (χ0n) is 16.8. The van der Waals surface area contributed by atoms with Gasteiger partial charge in [0.05, 0.1) is 25.0 Å². The summed E-state index contributed by atoms with van der Waals surface area (Å²) < 4.78 is 10.9. The number of benzene rings is 2. The SMILES string of the molecule is CCOc1cccc(NC2=C(c3cccs3)C(=O)N(c3cc(Cl)ccc3OC)C2=O)c1. The molecule has 0 spiro atoms. The Bertz CT molecular complexity index is 1170. The molecule has 0 unspecified atom stereocenters. The molecule has 1 N–H and O–H groups in total. The summed E-state index contributed by atoms with van der Waals surface area (Å²) in [6.07, 6.45) is 0. The number of nitrogens with one attached hydrogen (secondary N) is 1. The molecule has 0 bridgehead atoms. The van der Waals surface area contributed by atoms with Crippen molar-refractivity contribution in [3.8, 4) is 11.5 Å². The summed E-state index contributed by atoms with van der Waals surface area (Å²) in [5.41, 5.74) is 1.40. The minimum atomic E-state index is -0.490. The highest BCUT2D eigenvalue weighted by Gasteiger charge is 2.42. The number of ether oxygens (including phenoxy) is 2. The van der Waals surface area contributed by atoms with Gasteiger partial charge in [-0.15, -0.1) is 11.3 Å². The molecule has 1 aliphatic heterocycles. The molecule has 1 aromatic heterocycles. The van der Waals surface area contributed by atoms with Crippen LogP contribution in [0.3, 0.4) is 0 Å². The highest BCUT2D eigenvalue weighted by Crippen LogP contribution is 2.40. The molecule has 0 saturated carbocycles. The number of amides is 2. The standard InChI is InChI=1S/C23H19ClN2O4S/c1-3-30-16-7-4-6-15(13-16)25-21-20(19-8-5-11-31-19)22(27)26(23(21)28)17-12-14(24)9-10-18(17)29-2/h4-13,25H,3H2,1-2H3. The van der Waals surface area contributed by atoms with Gasteiger partial charge in [0.2, 0.25) is 0 Å². The maximum absolute atomic E-state index is 13.5. The predicted octanol–water partition coefficient (Wildman–Crippen LogP) is 5.21. The predicted molar refractivity (Wildman–Crippen MR) is 123 cm³/mol. The fourth-order valence-corrected chi connectivity index (χ4v) is 4.26. The van der Waals surface area contributed by atoms with E-state index in [0.717, 1.165) is 4.90 Å². The monoisotopic (exact) mass is 454 g/mol. The van der Waals surface area contributed by atoms with E-state index in [1.165, 1.54) is 18.4 Å². The number of hydrogen-bond donors (Lipinski definition) is 1. The lowest BCUT2D eigenvalue weighted by Gasteiger charge is -2.18. The Morgan fingerprint density at radius 1 is 1.06 bits per heavy atom. The van der Waals surface area contributed by atoms with Crippen LogP contribution in [0.2, 0.25) is 5.02 Å². The van der Waals surface area contributed by atoms with Crippen LogP contribution >= 0.6 is 22.9 Å². The third-order valence-corrected chi connectivity index (χ3v) is 5.77. The quantitative estimate of drug-likeness (QED) is 0.496. The van der Waals surface area contributed by atoms with Gasteiger partial charge in [0.25, 0.3) is 11.8 Å². The molecular formula is C23H19ClN2O4S. The second kappa shape index (κ2) is 8.83. The van der Waals surface area contributed by atoms with E-state index in [1.807, 2.05) is 42.6 Å². The average Bonchev–Trinajstić information content (AvgIpc) is 3.35. The fourth-order valence-electron chi connectivity index (χ4n) is 3.33. The molecule has 8 heteroatoms. The van der Waals surface area contributed by atoms with Crippen molar-refractivity contribution >= 4 is 51.7 Å². The van der Waals surface area contributed by atoms with E-state index in [9.17, 15) is 9.59 Å². The summed E-state index contributed by atoms with van der Waals surface area (Å²) in [5.74, 6) is 0.0967. The number of rotatable bonds is 7. The smallest absolute Gasteiger partial charge is 0.282 e. The van der Waals surface area contributed by atoms with Crippen LogP contribution in [0.25, 0.3) is 5.57 Å². The average molecular weight is 455 g/mol. The molecule has 0 radical (unpaired) electrons. The minimum absolute atomic E-state index is 0.183. The Balaban J connectivity index is 1.80. The Morgan fingerprint density at radius 3 is 2.61 bits per heavy atom. The van der Waals surface area contributed by atoms with Crippen LogP contribution in [-0.2, 0) is 9.59 Å². The van der Waals surface area contributed by atoms with Crippen molar-refractivity contribution < 1.29 is 19.1 Å². The zero-order chi connectivity index (χ0) is 22.0. The summed E-state index contributed by atoms with van der Waals surface area (Å²) in [6, 6.07) is 15.7. The number of thiophene rings is 1. The number of halogens is 1. The van der Waals surface area contributed by atoms with Crippen LogP contribution in [-0.4, -0.2) is 25.5 Å². The minimum Gasteiger partial charge on any atom is -0.495 e. The van der Waals surface area contributed by atoms with Gasteiger partial charge in [-0.1, -0.05) is 23.7 Å². The van der Waals surface area contributed by atoms with Crippen molar-refractivity contribution in [2.45, 2.75) is 6.92 Å². The van der Waals surface area contributed by atoms with Crippen molar-refractivity contribution in [2.24, 2.45) is 0 Å². The molecule has 6 nitrogen and oxygen atoms in total. The van der Waals surface area contributed by atoms with Gasteiger partial charge in [0, 0.05) is 21.7 Å². The maximum Gasteiger partial charge on any atom is 0.282 e. The van der Waals surface area contributed by atoms with Gasteiger partial charge in [-0.2, -0.15) is 0 Å². The van der Waals surface area contributed by atoms with Gasteiger partial charge in [0.15, 0.2) is 0 Å². The summed E-state index contributed by atoms with van der Waals surface area (Å²) in [6.45, 7) is 2.42. The molecule has 2 heterocycles. The molecule has 2 amide bonds. The van der Waals surface area contributed by atoms with Crippen LogP contribution in [0.5, 0.6) is 11.5 Å². The van der Waals surface area contributed by atoms with Crippen LogP contribution in [0.15, 0.2) is 65.7 Å². The van der Waals surface area contributed by atoms with E-state index in [-0.39, 0.29) is 5.70 Å². The van der Waals surface area contributed by atoms with Crippen molar-refractivity contribution in [3.05, 3.63) is 75.6 Å². The molecule has 1 aliphatic rings. The highest BCUT2D eigenvalue weighted by molar-refractivity contribution is 7.11. The van der Waals surface area contributed by atoms with Gasteiger partial charge in [-0.3, -0.25) is 9.59 Å². The van der Waals surface area contributed by atoms with Crippen LogP contribution in [0, 0.1) is 0 Å². The van der Waals surface area contributed by atoms with E-state index >= 15 is 0 Å². The Labute approximate surface area is 188 Å².